The standard InChI is InChI=1S/C13H24N4O3S2/c1-16(6-7-20-2)22(18,19)12-4-3-5-17(10-12)9-11-8-15-13(14)21-11/h8,12H,3-7,9-10H2,1-2H3,(H2,14,15). The van der Waals surface area contributed by atoms with E-state index in [-0.39, 0.29) is 5.25 Å². The SMILES string of the molecule is COCCN(C)S(=O)(=O)C1CCCN(Cc2cnc(N)s2)C1. The molecule has 1 saturated heterocycles. The van der Waals surface area contributed by atoms with Gasteiger partial charge < -0.3 is 10.5 Å². The Morgan fingerprint density at radius 2 is 2.36 bits per heavy atom. The second-order valence-electron chi connectivity index (χ2n) is 5.52. The number of thiazole rings is 1. The van der Waals surface area contributed by atoms with Crippen molar-refractivity contribution in [3.63, 3.8) is 0 Å². The van der Waals surface area contributed by atoms with E-state index in [0.29, 0.717) is 37.8 Å². The molecule has 0 aliphatic carbocycles. The van der Waals surface area contributed by atoms with Gasteiger partial charge in [0.15, 0.2) is 5.13 Å². The lowest BCUT2D eigenvalue weighted by molar-refractivity contribution is 0.182. The minimum atomic E-state index is -3.28. The second kappa shape index (κ2) is 7.69. The fourth-order valence-corrected chi connectivity index (χ4v) is 5.05. The van der Waals surface area contributed by atoms with Gasteiger partial charge in [-0.05, 0) is 19.4 Å². The molecule has 2 rings (SSSR count). The van der Waals surface area contributed by atoms with E-state index in [1.165, 1.54) is 15.6 Å². The van der Waals surface area contributed by atoms with E-state index in [0.717, 1.165) is 17.8 Å². The zero-order chi connectivity index (χ0) is 16.2. The van der Waals surface area contributed by atoms with Gasteiger partial charge in [0.25, 0.3) is 0 Å². The highest BCUT2D eigenvalue weighted by molar-refractivity contribution is 7.89. The van der Waals surface area contributed by atoms with Gasteiger partial charge in [-0.3, -0.25) is 4.90 Å². The lowest BCUT2D eigenvalue weighted by atomic mass is 10.1. The molecule has 1 atom stereocenters. The predicted octanol–water partition coefficient (Wildman–Crippen LogP) is 0.598. The summed E-state index contributed by atoms with van der Waals surface area (Å²) in [6.45, 7) is 2.97. The van der Waals surface area contributed by atoms with Gasteiger partial charge in [0.1, 0.15) is 0 Å². The van der Waals surface area contributed by atoms with E-state index in [2.05, 4.69) is 9.88 Å². The summed E-state index contributed by atoms with van der Waals surface area (Å²) in [7, 11) is -0.0843. The van der Waals surface area contributed by atoms with E-state index in [9.17, 15) is 8.42 Å². The third kappa shape index (κ3) is 4.39. The molecule has 0 radical (unpaired) electrons. The van der Waals surface area contributed by atoms with Crippen molar-refractivity contribution in [2.75, 3.05) is 46.1 Å². The van der Waals surface area contributed by atoms with Crippen molar-refractivity contribution in [2.45, 2.75) is 24.6 Å². The zero-order valence-electron chi connectivity index (χ0n) is 13.1. The molecular weight excluding hydrogens is 324 g/mol. The number of piperidine rings is 1. The number of nitrogens with two attached hydrogens (primary N) is 1. The number of likely N-dealkylation sites (N-methyl/N-ethyl adjacent to an activating group) is 1. The molecule has 1 aromatic heterocycles. The Bertz CT molecular complexity index is 576. The molecule has 0 aromatic carbocycles. The van der Waals surface area contributed by atoms with Crippen molar-refractivity contribution in [1.82, 2.24) is 14.2 Å². The Hall–Kier alpha value is -0.740. The molecule has 1 unspecified atom stereocenters. The number of rotatable bonds is 7. The Morgan fingerprint density at radius 3 is 3.00 bits per heavy atom. The van der Waals surface area contributed by atoms with E-state index in [4.69, 9.17) is 10.5 Å². The van der Waals surface area contributed by atoms with Gasteiger partial charge >= 0.3 is 0 Å². The van der Waals surface area contributed by atoms with Gasteiger partial charge in [0.2, 0.25) is 10.0 Å². The number of likely N-dealkylation sites (tertiary alicyclic amines) is 1. The second-order valence-corrected chi connectivity index (χ2v) is 8.99. The number of anilines is 1. The highest BCUT2D eigenvalue weighted by Gasteiger charge is 2.33. The maximum absolute atomic E-state index is 12.6. The van der Waals surface area contributed by atoms with Crippen LogP contribution in [0, 0.1) is 0 Å². The third-order valence-electron chi connectivity index (χ3n) is 3.88. The van der Waals surface area contributed by atoms with E-state index in [1.807, 2.05) is 0 Å². The Labute approximate surface area is 136 Å². The summed E-state index contributed by atoms with van der Waals surface area (Å²) in [5, 5.41) is 0.198. The molecule has 2 N–H and O–H groups in total. The smallest absolute Gasteiger partial charge is 0.218 e. The molecular formula is C13H24N4O3S2. The minimum Gasteiger partial charge on any atom is -0.383 e. The first-order valence-corrected chi connectivity index (χ1v) is 9.62. The molecule has 0 amide bonds. The van der Waals surface area contributed by atoms with Gasteiger partial charge in [-0.15, -0.1) is 11.3 Å². The maximum atomic E-state index is 12.6. The van der Waals surface area contributed by atoms with E-state index in [1.54, 1.807) is 20.4 Å². The summed E-state index contributed by atoms with van der Waals surface area (Å²) < 4.78 is 31.6. The molecule has 0 spiro atoms. The average molecular weight is 348 g/mol. The van der Waals surface area contributed by atoms with Gasteiger partial charge in [-0.1, -0.05) is 0 Å². The molecule has 1 aliphatic rings. The summed E-state index contributed by atoms with van der Waals surface area (Å²) in [6.07, 6.45) is 3.36. The van der Waals surface area contributed by atoms with E-state index < -0.39 is 10.0 Å². The highest BCUT2D eigenvalue weighted by Crippen LogP contribution is 2.23. The summed E-state index contributed by atoms with van der Waals surface area (Å²) >= 11 is 1.46. The number of aromatic nitrogens is 1. The summed E-state index contributed by atoms with van der Waals surface area (Å²) in [6, 6.07) is 0. The first-order chi connectivity index (χ1) is 10.4. The molecule has 7 nitrogen and oxygen atoms in total. The molecule has 22 heavy (non-hydrogen) atoms. The highest BCUT2D eigenvalue weighted by atomic mass is 32.2. The summed E-state index contributed by atoms with van der Waals surface area (Å²) in [5.74, 6) is 0. The number of hydrogen-bond donors (Lipinski definition) is 1. The Balaban J connectivity index is 1.97. The number of nitrogen functional groups attached to an aromatic ring is 1. The number of hydrogen-bond acceptors (Lipinski definition) is 7. The van der Waals surface area contributed by atoms with Crippen molar-refractivity contribution in [3.8, 4) is 0 Å². The number of ether oxygens (including phenoxy) is 1. The van der Waals surface area contributed by atoms with Gasteiger partial charge in [-0.25, -0.2) is 17.7 Å². The monoisotopic (exact) mass is 348 g/mol. The number of sulfonamides is 1. The normalized spacial score (nSPS) is 20.6. The van der Waals surface area contributed by atoms with Crippen LogP contribution in [-0.2, 0) is 21.3 Å². The van der Waals surface area contributed by atoms with Gasteiger partial charge in [0, 0.05) is 44.9 Å². The molecule has 126 valence electrons. The van der Waals surface area contributed by atoms with Crippen LogP contribution in [0.5, 0.6) is 0 Å². The van der Waals surface area contributed by atoms with Crippen LogP contribution in [0.3, 0.4) is 0 Å². The molecule has 0 saturated carbocycles. The van der Waals surface area contributed by atoms with Crippen molar-refractivity contribution < 1.29 is 13.2 Å². The largest absolute Gasteiger partial charge is 0.383 e. The van der Waals surface area contributed by atoms with Crippen LogP contribution in [0.25, 0.3) is 0 Å². The van der Waals surface area contributed by atoms with Crippen LogP contribution in [0.15, 0.2) is 6.20 Å². The average Bonchev–Trinajstić information content (AvgIpc) is 2.90. The van der Waals surface area contributed by atoms with Crippen LogP contribution >= 0.6 is 11.3 Å². The van der Waals surface area contributed by atoms with Crippen LogP contribution in [-0.4, -0.2) is 68.3 Å². The molecule has 1 fully saturated rings. The van der Waals surface area contributed by atoms with Crippen LogP contribution in [0.1, 0.15) is 17.7 Å². The molecule has 1 aromatic rings. The topological polar surface area (TPSA) is 88.8 Å². The predicted molar refractivity (Wildman–Crippen MR) is 88.3 cm³/mol. The summed E-state index contributed by atoms with van der Waals surface area (Å²) in [5.41, 5.74) is 5.64. The molecule has 9 heteroatoms. The fraction of sp³-hybridized carbons (Fsp3) is 0.769. The van der Waals surface area contributed by atoms with Crippen molar-refractivity contribution in [2.24, 2.45) is 0 Å². The minimum absolute atomic E-state index is 0.353. The lowest BCUT2D eigenvalue weighted by Crippen LogP contribution is -2.47. The molecule has 2 heterocycles. The van der Waals surface area contributed by atoms with Crippen LogP contribution in [0.4, 0.5) is 5.13 Å². The van der Waals surface area contributed by atoms with E-state index >= 15 is 0 Å². The summed E-state index contributed by atoms with van der Waals surface area (Å²) in [4.78, 5) is 7.28. The maximum Gasteiger partial charge on any atom is 0.218 e. The lowest BCUT2D eigenvalue weighted by Gasteiger charge is -2.34. The van der Waals surface area contributed by atoms with Crippen LogP contribution < -0.4 is 5.73 Å². The first-order valence-electron chi connectivity index (χ1n) is 7.30. The van der Waals surface area contributed by atoms with Gasteiger partial charge in [-0.2, -0.15) is 0 Å². The first kappa shape index (κ1) is 17.6. The quantitative estimate of drug-likeness (QED) is 0.776. The number of nitrogens with zero attached hydrogens (tertiary/aromatic N) is 3. The molecule has 1 aliphatic heterocycles. The van der Waals surface area contributed by atoms with Crippen molar-refractivity contribution >= 4 is 26.5 Å². The third-order valence-corrected chi connectivity index (χ3v) is 6.97. The molecule has 0 bridgehead atoms. The Kier molecular flexibility index (Phi) is 6.16. The van der Waals surface area contributed by atoms with Crippen molar-refractivity contribution in [3.05, 3.63) is 11.1 Å². The van der Waals surface area contributed by atoms with Crippen molar-refractivity contribution in [1.29, 1.82) is 0 Å². The Morgan fingerprint density at radius 1 is 1.59 bits per heavy atom. The van der Waals surface area contributed by atoms with Crippen LogP contribution in [0.2, 0.25) is 0 Å². The fourth-order valence-electron chi connectivity index (χ4n) is 2.62. The number of methoxy groups -OCH3 is 1. The zero-order valence-corrected chi connectivity index (χ0v) is 14.7. The van der Waals surface area contributed by atoms with Gasteiger partial charge in [0.05, 0.1) is 11.9 Å².